The lowest BCUT2D eigenvalue weighted by Crippen LogP contribution is -2.18. The van der Waals surface area contributed by atoms with Crippen LogP contribution in [0, 0.1) is 12.7 Å². The van der Waals surface area contributed by atoms with Crippen molar-refractivity contribution in [3.05, 3.63) is 66.0 Å². The molecule has 0 bridgehead atoms. The van der Waals surface area contributed by atoms with E-state index >= 15 is 0 Å². The number of halogens is 1. The number of nitrogens with one attached hydrogen (secondary N) is 1. The Morgan fingerprint density at radius 1 is 1.17 bits per heavy atom. The van der Waals surface area contributed by atoms with E-state index in [1.54, 1.807) is 46.2 Å². The molecule has 2 aromatic heterocycles. The molecule has 2 heterocycles. The van der Waals surface area contributed by atoms with Gasteiger partial charge < -0.3 is 5.32 Å². The van der Waals surface area contributed by atoms with Crippen molar-refractivity contribution in [1.29, 1.82) is 0 Å². The first-order valence-corrected chi connectivity index (χ1v) is 7.15. The third-order valence-corrected chi connectivity index (χ3v) is 3.28. The van der Waals surface area contributed by atoms with Crippen LogP contribution in [0.4, 0.5) is 10.1 Å². The molecule has 6 nitrogen and oxygen atoms in total. The molecule has 23 heavy (non-hydrogen) atoms. The van der Waals surface area contributed by atoms with Gasteiger partial charge in [0.05, 0.1) is 24.6 Å². The van der Waals surface area contributed by atoms with E-state index in [0.29, 0.717) is 17.8 Å². The third kappa shape index (κ3) is 3.82. The van der Waals surface area contributed by atoms with Crippen LogP contribution in [0.3, 0.4) is 0 Å². The second-order valence-electron chi connectivity index (χ2n) is 5.28. The van der Waals surface area contributed by atoms with Gasteiger partial charge in [-0.05, 0) is 18.6 Å². The summed E-state index contributed by atoms with van der Waals surface area (Å²) in [5, 5.41) is 10.9. The molecule has 0 atom stereocenters. The molecule has 0 aliphatic carbocycles. The summed E-state index contributed by atoms with van der Waals surface area (Å²) in [5.41, 5.74) is 2.10. The van der Waals surface area contributed by atoms with Crippen molar-refractivity contribution in [2.45, 2.75) is 20.0 Å². The largest absolute Gasteiger partial charge is 0.322 e. The van der Waals surface area contributed by atoms with Gasteiger partial charge in [-0.15, -0.1) is 0 Å². The molecule has 7 heteroatoms. The molecule has 0 saturated carbocycles. The minimum absolute atomic E-state index is 0.131. The van der Waals surface area contributed by atoms with Gasteiger partial charge >= 0.3 is 0 Å². The number of benzene rings is 1. The lowest BCUT2D eigenvalue weighted by atomic mass is 10.2. The number of carbonyl (C=O) groups excluding carboxylic acids is 1. The van der Waals surface area contributed by atoms with Crippen LogP contribution in [0.25, 0.3) is 0 Å². The highest BCUT2D eigenvalue weighted by molar-refractivity contribution is 5.90. The van der Waals surface area contributed by atoms with Crippen LogP contribution < -0.4 is 5.32 Å². The van der Waals surface area contributed by atoms with Crippen LogP contribution >= 0.6 is 0 Å². The molecule has 0 radical (unpaired) electrons. The standard InChI is InChI=1S/C16H16FN5O/c1-12-6-18-21(8-12)11-16(23)20-14-7-19-22(10-14)9-13-4-2-3-5-15(13)17/h2-8,10H,9,11H2,1H3,(H,20,23). The summed E-state index contributed by atoms with van der Waals surface area (Å²) in [6, 6.07) is 6.53. The lowest BCUT2D eigenvalue weighted by molar-refractivity contribution is -0.116. The number of carbonyl (C=O) groups is 1. The maximum absolute atomic E-state index is 13.6. The fraction of sp³-hybridized carbons (Fsp3) is 0.188. The third-order valence-electron chi connectivity index (χ3n) is 3.28. The van der Waals surface area contributed by atoms with Crippen molar-refractivity contribution < 1.29 is 9.18 Å². The zero-order chi connectivity index (χ0) is 16.2. The Kier molecular flexibility index (Phi) is 4.18. The molecule has 3 aromatic rings. The smallest absolute Gasteiger partial charge is 0.246 e. The average molecular weight is 313 g/mol. The van der Waals surface area contributed by atoms with E-state index in [1.165, 1.54) is 12.3 Å². The zero-order valence-corrected chi connectivity index (χ0v) is 12.6. The van der Waals surface area contributed by atoms with Crippen molar-refractivity contribution in [3.8, 4) is 0 Å². The molecule has 118 valence electrons. The van der Waals surface area contributed by atoms with Crippen molar-refractivity contribution in [1.82, 2.24) is 19.6 Å². The number of aromatic nitrogens is 4. The highest BCUT2D eigenvalue weighted by Crippen LogP contribution is 2.11. The fourth-order valence-electron chi connectivity index (χ4n) is 2.22. The molecular weight excluding hydrogens is 297 g/mol. The van der Waals surface area contributed by atoms with Crippen LogP contribution in [0.1, 0.15) is 11.1 Å². The van der Waals surface area contributed by atoms with E-state index < -0.39 is 0 Å². The summed E-state index contributed by atoms with van der Waals surface area (Å²) in [6.07, 6.45) is 6.69. The fourth-order valence-corrected chi connectivity index (χ4v) is 2.22. The maximum Gasteiger partial charge on any atom is 0.246 e. The topological polar surface area (TPSA) is 64.7 Å². The van der Waals surface area contributed by atoms with Gasteiger partial charge in [-0.3, -0.25) is 14.2 Å². The summed E-state index contributed by atoms with van der Waals surface area (Å²) >= 11 is 0. The van der Waals surface area contributed by atoms with Crippen LogP contribution in [0.2, 0.25) is 0 Å². The van der Waals surface area contributed by atoms with E-state index in [9.17, 15) is 9.18 Å². The Hall–Kier alpha value is -2.96. The van der Waals surface area contributed by atoms with Gasteiger partial charge in [-0.25, -0.2) is 4.39 Å². The summed E-state index contributed by atoms with van der Waals surface area (Å²) in [5.74, 6) is -0.471. The van der Waals surface area contributed by atoms with Crippen LogP contribution in [0.5, 0.6) is 0 Å². The van der Waals surface area contributed by atoms with Crippen LogP contribution in [-0.2, 0) is 17.9 Å². The molecule has 1 aromatic carbocycles. The van der Waals surface area contributed by atoms with Crippen molar-refractivity contribution in [3.63, 3.8) is 0 Å². The summed E-state index contributed by atoms with van der Waals surface area (Å²) in [6.45, 7) is 2.35. The first-order valence-electron chi connectivity index (χ1n) is 7.15. The predicted octanol–water partition coefficient (Wildman–Crippen LogP) is 2.21. The molecule has 3 rings (SSSR count). The number of amides is 1. The zero-order valence-electron chi connectivity index (χ0n) is 12.6. The van der Waals surface area contributed by atoms with Gasteiger partial charge in [0.15, 0.2) is 0 Å². The van der Waals surface area contributed by atoms with E-state index in [0.717, 1.165) is 5.56 Å². The molecule has 1 N–H and O–H groups in total. The lowest BCUT2D eigenvalue weighted by Gasteiger charge is -2.04. The molecule has 1 amide bonds. The van der Waals surface area contributed by atoms with E-state index in [4.69, 9.17) is 0 Å². The summed E-state index contributed by atoms with van der Waals surface area (Å²) < 4.78 is 16.8. The SMILES string of the molecule is Cc1cnn(CC(=O)Nc2cnn(Cc3ccccc3F)c2)c1. The summed E-state index contributed by atoms with van der Waals surface area (Å²) in [7, 11) is 0. The molecule has 0 unspecified atom stereocenters. The van der Waals surface area contributed by atoms with Gasteiger partial charge in [-0.1, -0.05) is 18.2 Å². The van der Waals surface area contributed by atoms with Crippen LogP contribution in [0.15, 0.2) is 49.1 Å². The second kappa shape index (κ2) is 6.43. The number of rotatable bonds is 5. The van der Waals surface area contributed by atoms with E-state index in [1.807, 2.05) is 6.92 Å². The Balaban J connectivity index is 1.61. The monoisotopic (exact) mass is 313 g/mol. The number of anilines is 1. The van der Waals surface area contributed by atoms with E-state index in [-0.39, 0.29) is 18.3 Å². The first kappa shape index (κ1) is 15.0. The Labute approximate surface area is 132 Å². The number of aryl methyl sites for hydroxylation is 1. The Morgan fingerprint density at radius 2 is 1.96 bits per heavy atom. The number of hydrogen-bond donors (Lipinski definition) is 1. The summed E-state index contributed by atoms with van der Waals surface area (Å²) in [4.78, 5) is 11.9. The van der Waals surface area contributed by atoms with Crippen molar-refractivity contribution in [2.75, 3.05) is 5.32 Å². The van der Waals surface area contributed by atoms with Crippen molar-refractivity contribution in [2.24, 2.45) is 0 Å². The highest BCUT2D eigenvalue weighted by Gasteiger charge is 2.08. The normalized spacial score (nSPS) is 10.7. The molecular formula is C16H16FN5O. The first-order chi connectivity index (χ1) is 11.1. The van der Waals surface area contributed by atoms with Gasteiger partial charge in [-0.2, -0.15) is 10.2 Å². The predicted molar refractivity (Wildman–Crippen MR) is 83.3 cm³/mol. The Morgan fingerprint density at radius 3 is 2.70 bits per heavy atom. The molecule has 0 spiro atoms. The number of hydrogen-bond acceptors (Lipinski definition) is 3. The minimum Gasteiger partial charge on any atom is -0.322 e. The van der Waals surface area contributed by atoms with E-state index in [2.05, 4.69) is 15.5 Å². The van der Waals surface area contributed by atoms with Crippen LogP contribution in [-0.4, -0.2) is 25.5 Å². The van der Waals surface area contributed by atoms with Gasteiger partial charge in [0, 0.05) is 18.0 Å². The van der Waals surface area contributed by atoms with Gasteiger partial charge in [0.2, 0.25) is 5.91 Å². The molecule has 0 saturated heterocycles. The number of nitrogens with zero attached hydrogens (tertiary/aromatic N) is 4. The second-order valence-corrected chi connectivity index (χ2v) is 5.28. The average Bonchev–Trinajstić information content (AvgIpc) is 3.11. The molecule has 0 aliphatic rings. The Bertz CT molecular complexity index is 823. The minimum atomic E-state index is -0.275. The molecule has 0 aliphatic heterocycles. The maximum atomic E-state index is 13.6. The van der Waals surface area contributed by atoms with Gasteiger partial charge in [0.25, 0.3) is 0 Å². The van der Waals surface area contributed by atoms with Crippen molar-refractivity contribution >= 4 is 11.6 Å². The molecule has 0 fully saturated rings. The quantitative estimate of drug-likeness (QED) is 0.785. The van der Waals surface area contributed by atoms with Gasteiger partial charge in [0.1, 0.15) is 12.4 Å². The highest BCUT2D eigenvalue weighted by atomic mass is 19.1.